The number of ketones is 1. The van der Waals surface area contributed by atoms with Gasteiger partial charge in [-0.3, -0.25) is 24.1 Å². The Kier molecular flexibility index (Phi) is 10.1. The zero-order valence-corrected chi connectivity index (χ0v) is 24.0. The fourth-order valence-electron chi connectivity index (χ4n) is 4.59. The zero-order valence-electron chi connectivity index (χ0n) is 23.2. The van der Waals surface area contributed by atoms with Crippen molar-refractivity contribution < 1.29 is 33.4 Å². The summed E-state index contributed by atoms with van der Waals surface area (Å²) in [7, 11) is 2.99. The third-order valence-corrected chi connectivity index (χ3v) is 7.59. The highest BCUT2D eigenvalue weighted by Gasteiger charge is 2.34. The summed E-state index contributed by atoms with van der Waals surface area (Å²) in [5.74, 6) is -0.665. The Morgan fingerprint density at radius 2 is 1.78 bits per heavy atom. The van der Waals surface area contributed by atoms with E-state index in [2.05, 4.69) is 10.6 Å². The van der Waals surface area contributed by atoms with E-state index in [-0.39, 0.29) is 25.0 Å². The predicted molar refractivity (Wildman–Crippen MR) is 155 cm³/mol. The minimum atomic E-state index is -1.15. The standard InChI is InChI=1S/C30H33N3O7S/c1-19(34)20-8-11-22(12-9-20)33(27(35)18-32-29(36)26-7-5-15-41-26)28(30(37)31-17-23-6-4-14-40-23)21-10-13-24(38-2)25(16-21)39-3/h5,7-13,15-16,23,28H,4,6,14,17-18H2,1-3H3,(H,31,37)(H,32,36)/t23-,28-/m0/s1. The molecular formula is C30H33N3O7S. The maximum absolute atomic E-state index is 13.9. The summed E-state index contributed by atoms with van der Waals surface area (Å²) in [6, 6.07) is 13.7. The second-order valence-electron chi connectivity index (χ2n) is 9.42. The molecule has 10 nitrogen and oxygen atoms in total. The molecule has 1 aromatic heterocycles. The van der Waals surface area contributed by atoms with Crippen LogP contribution in [0.15, 0.2) is 60.0 Å². The molecule has 0 radical (unpaired) electrons. The van der Waals surface area contributed by atoms with E-state index in [1.807, 2.05) is 0 Å². The van der Waals surface area contributed by atoms with Crippen LogP contribution in [0.5, 0.6) is 11.5 Å². The van der Waals surface area contributed by atoms with Gasteiger partial charge in [0.2, 0.25) is 11.8 Å². The zero-order chi connectivity index (χ0) is 29.4. The Morgan fingerprint density at radius 1 is 1.02 bits per heavy atom. The topological polar surface area (TPSA) is 123 Å². The lowest BCUT2D eigenvalue weighted by atomic mass is 10.0. The maximum atomic E-state index is 13.9. The summed E-state index contributed by atoms with van der Waals surface area (Å²) in [5.41, 5.74) is 1.29. The van der Waals surface area contributed by atoms with Crippen LogP contribution in [-0.2, 0) is 14.3 Å². The van der Waals surface area contributed by atoms with E-state index in [0.29, 0.717) is 39.8 Å². The predicted octanol–water partition coefficient (Wildman–Crippen LogP) is 3.77. The monoisotopic (exact) mass is 579 g/mol. The van der Waals surface area contributed by atoms with Gasteiger partial charge in [-0.25, -0.2) is 0 Å². The number of Topliss-reactive ketones (excluding diaryl/α,β-unsaturated/α-hetero) is 1. The summed E-state index contributed by atoms with van der Waals surface area (Å²) in [4.78, 5) is 54.1. The van der Waals surface area contributed by atoms with Crippen molar-refractivity contribution in [3.05, 3.63) is 76.0 Å². The van der Waals surface area contributed by atoms with Crippen molar-refractivity contribution in [3.63, 3.8) is 0 Å². The molecular weight excluding hydrogens is 546 g/mol. The van der Waals surface area contributed by atoms with E-state index in [0.717, 1.165) is 12.8 Å². The average molecular weight is 580 g/mol. The van der Waals surface area contributed by atoms with Crippen LogP contribution in [0.3, 0.4) is 0 Å². The Labute approximate surface area is 242 Å². The second-order valence-corrected chi connectivity index (χ2v) is 10.4. The molecule has 2 heterocycles. The second kappa shape index (κ2) is 13.9. The van der Waals surface area contributed by atoms with E-state index < -0.39 is 23.8 Å². The molecule has 3 amide bonds. The molecule has 11 heteroatoms. The molecule has 0 saturated carbocycles. The van der Waals surface area contributed by atoms with Gasteiger partial charge in [-0.2, -0.15) is 0 Å². The largest absolute Gasteiger partial charge is 0.493 e. The number of benzene rings is 2. The van der Waals surface area contributed by atoms with E-state index >= 15 is 0 Å². The van der Waals surface area contributed by atoms with Crippen molar-refractivity contribution in [2.24, 2.45) is 0 Å². The lowest BCUT2D eigenvalue weighted by Gasteiger charge is -2.32. The maximum Gasteiger partial charge on any atom is 0.261 e. The van der Waals surface area contributed by atoms with E-state index in [4.69, 9.17) is 14.2 Å². The number of hydrogen-bond acceptors (Lipinski definition) is 8. The van der Waals surface area contributed by atoms with Gasteiger partial charge in [0.1, 0.15) is 6.04 Å². The van der Waals surface area contributed by atoms with Crippen LogP contribution >= 0.6 is 11.3 Å². The lowest BCUT2D eigenvalue weighted by molar-refractivity contribution is -0.126. The number of thiophene rings is 1. The van der Waals surface area contributed by atoms with Crippen molar-refractivity contribution in [1.29, 1.82) is 0 Å². The molecule has 1 fully saturated rings. The molecule has 216 valence electrons. The van der Waals surface area contributed by atoms with Gasteiger partial charge in [-0.05, 0) is 73.2 Å². The van der Waals surface area contributed by atoms with Crippen molar-refractivity contribution >= 4 is 40.5 Å². The number of rotatable bonds is 12. The first-order valence-electron chi connectivity index (χ1n) is 13.2. The summed E-state index contributed by atoms with van der Waals surface area (Å²) in [5, 5.41) is 7.37. The lowest BCUT2D eigenvalue weighted by Crippen LogP contribution is -2.48. The van der Waals surface area contributed by atoms with Crippen LogP contribution in [0.25, 0.3) is 0 Å². The van der Waals surface area contributed by atoms with Crippen LogP contribution < -0.4 is 25.0 Å². The van der Waals surface area contributed by atoms with Crippen molar-refractivity contribution in [2.75, 3.05) is 38.8 Å². The molecule has 1 aliphatic rings. The molecule has 4 rings (SSSR count). The summed E-state index contributed by atoms with van der Waals surface area (Å²) in [6.45, 7) is 2.00. The third kappa shape index (κ3) is 7.30. The van der Waals surface area contributed by atoms with Crippen LogP contribution in [0.2, 0.25) is 0 Å². The molecule has 2 N–H and O–H groups in total. The fourth-order valence-corrected chi connectivity index (χ4v) is 5.23. The van der Waals surface area contributed by atoms with Gasteiger partial charge in [0.15, 0.2) is 17.3 Å². The van der Waals surface area contributed by atoms with E-state index in [1.54, 1.807) is 60.0 Å². The van der Waals surface area contributed by atoms with Crippen molar-refractivity contribution in [2.45, 2.75) is 31.9 Å². The SMILES string of the molecule is COc1ccc([C@@H](C(=O)NC[C@@H]2CCCO2)N(C(=O)CNC(=O)c2cccs2)c2ccc(C(C)=O)cc2)cc1OC. The molecule has 3 aromatic rings. The molecule has 0 bridgehead atoms. The number of carbonyl (C=O) groups is 4. The molecule has 0 unspecified atom stereocenters. The van der Waals surface area contributed by atoms with Gasteiger partial charge in [-0.1, -0.05) is 12.1 Å². The number of nitrogens with zero attached hydrogens (tertiary/aromatic N) is 1. The number of ether oxygens (including phenoxy) is 3. The third-order valence-electron chi connectivity index (χ3n) is 6.72. The summed E-state index contributed by atoms with van der Waals surface area (Å²) >= 11 is 1.26. The number of methoxy groups -OCH3 is 2. The minimum absolute atomic E-state index is 0.117. The Bertz CT molecular complexity index is 1370. The van der Waals surface area contributed by atoms with Crippen LogP contribution in [-0.4, -0.2) is 63.5 Å². The number of carbonyl (C=O) groups excluding carboxylic acids is 4. The molecule has 41 heavy (non-hydrogen) atoms. The first-order chi connectivity index (χ1) is 19.8. The van der Waals surface area contributed by atoms with Gasteiger partial charge in [0.05, 0.1) is 31.7 Å². The quantitative estimate of drug-likeness (QED) is 0.313. The van der Waals surface area contributed by atoms with E-state index in [1.165, 1.54) is 37.4 Å². The molecule has 2 aromatic carbocycles. The molecule has 0 spiro atoms. The van der Waals surface area contributed by atoms with Crippen molar-refractivity contribution in [1.82, 2.24) is 10.6 Å². The summed E-state index contributed by atoms with van der Waals surface area (Å²) in [6.07, 6.45) is 1.62. The Morgan fingerprint density at radius 3 is 2.39 bits per heavy atom. The minimum Gasteiger partial charge on any atom is -0.493 e. The van der Waals surface area contributed by atoms with Crippen LogP contribution in [0, 0.1) is 0 Å². The first kappa shape index (κ1) is 29.8. The van der Waals surface area contributed by atoms with Crippen molar-refractivity contribution in [3.8, 4) is 11.5 Å². The average Bonchev–Trinajstić information content (AvgIpc) is 3.72. The molecule has 1 aliphatic heterocycles. The van der Waals surface area contributed by atoms with Gasteiger partial charge >= 0.3 is 0 Å². The highest BCUT2D eigenvalue weighted by Crippen LogP contribution is 2.34. The fraction of sp³-hybridized carbons (Fsp3) is 0.333. The molecule has 2 atom stereocenters. The van der Waals surface area contributed by atoms with Gasteiger partial charge in [-0.15, -0.1) is 11.3 Å². The first-order valence-corrected chi connectivity index (χ1v) is 14.1. The van der Waals surface area contributed by atoms with Gasteiger partial charge in [0, 0.05) is 24.4 Å². The number of amides is 3. The van der Waals surface area contributed by atoms with Gasteiger partial charge in [0.25, 0.3) is 5.91 Å². The number of hydrogen-bond donors (Lipinski definition) is 2. The normalized spacial score (nSPS) is 15.0. The van der Waals surface area contributed by atoms with E-state index in [9.17, 15) is 19.2 Å². The van der Waals surface area contributed by atoms with Gasteiger partial charge < -0.3 is 24.8 Å². The van der Waals surface area contributed by atoms with Crippen LogP contribution in [0.1, 0.15) is 51.4 Å². The summed E-state index contributed by atoms with van der Waals surface area (Å²) < 4.78 is 16.5. The number of anilines is 1. The molecule has 1 saturated heterocycles. The smallest absolute Gasteiger partial charge is 0.261 e. The van der Waals surface area contributed by atoms with Crippen LogP contribution in [0.4, 0.5) is 5.69 Å². The number of nitrogens with one attached hydrogen (secondary N) is 2. The highest BCUT2D eigenvalue weighted by molar-refractivity contribution is 7.12. The molecule has 0 aliphatic carbocycles. The Balaban J connectivity index is 1.73. The Hall–Kier alpha value is -4.22. The highest BCUT2D eigenvalue weighted by atomic mass is 32.1.